The van der Waals surface area contributed by atoms with Crippen LogP contribution in [0.1, 0.15) is 19.3 Å². The highest BCUT2D eigenvalue weighted by molar-refractivity contribution is 5.14. The van der Waals surface area contributed by atoms with Crippen LogP contribution in [-0.2, 0) is 4.74 Å². The number of hydrogen-bond acceptors (Lipinski definition) is 2. The molecule has 72 valence electrons. The second kappa shape index (κ2) is 2.82. The highest BCUT2D eigenvalue weighted by atomic mass is 16.6. The maximum atomic E-state index is 8.76. The molecule has 2 fully saturated rings. The molecule has 1 N–H and O–H groups in total. The third-order valence-electron chi connectivity index (χ3n) is 4.23. The van der Waals surface area contributed by atoms with Crippen LogP contribution in [-0.4, -0.2) is 18.0 Å². The molecular formula is C11H16O2. The maximum Gasteiger partial charge on any atom is 0.143 e. The Morgan fingerprint density at radius 3 is 3.08 bits per heavy atom. The van der Waals surface area contributed by atoms with Crippen molar-refractivity contribution >= 4 is 0 Å². The summed E-state index contributed by atoms with van der Waals surface area (Å²) in [6, 6.07) is 0. The van der Waals surface area contributed by atoms with Gasteiger partial charge in [0.05, 0.1) is 6.10 Å². The molecule has 2 heteroatoms. The molecule has 2 bridgehead atoms. The zero-order valence-corrected chi connectivity index (χ0v) is 7.73. The van der Waals surface area contributed by atoms with E-state index in [-0.39, 0.29) is 6.79 Å². The summed E-state index contributed by atoms with van der Waals surface area (Å²) in [5.74, 6) is 3.28. The van der Waals surface area contributed by atoms with Gasteiger partial charge in [-0.05, 0) is 42.9 Å². The van der Waals surface area contributed by atoms with Gasteiger partial charge in [-0.1, -0.05) is 12.2 Å². The minimum atomic E-state index is -0.0985. The van der Waals surface area contributed by atoms with Crippen LogP contribution in [0.2, 0.25) is 0 Å². The molecule has 0 heterocycles. The normalized spacial score (nSPS) is 51.6. The van der Waals surface area contributed by atoms with E-state index in [1.165, 1.54) is 19.3 Å². The smallest absolute Gasteiger partial charge is 0.143 e. The van der Waals surface area contributed by atoms with E-state index in [2.05, 4.69) is 12.2 Å². The molecule has 3 aliphatic rings. The van der Waals surface area contributed by atoms with E-state index in [1.54, 1.807) is 0 Å². The van der Waals surface area contributed by atoms with Crippen molar-refractivity contribution in [1.29, 1.82) is 0 Å². The van der Waals surface area contributed by atoms with Crippen LogP contribution in [0.15, 0.2) is 12.2 Å². The topological polar surface area (TPSA) is 29.5 Å². The van der Waals surface area contributed by atoms with Crippen LogP contribution in [0, 0.1) is 23.7 Å². The average Bonchev–Trinajstić information content (AvgIpc) is 2.72. The van der Waals surface area contributed by atoms with Crippen molar-refractivity contribution in [3.05, 3.63) is 12.2 Å². The minimum absolute atomic E-state index is 0.0985. The molecule has 0 aromatic heterocycles. The van der Waals surface area contributed by atoms with Crippen molar-refractivity contribution in [2.45, 2.75) is 25.4 Å². The number of rotatable bonds is 2. The molecule has 0 amide bonds. The van der Waals surface area contributed by atoms with Crippen molar-refractivity contribution in [1.82, 2.24) is 0 Å². The monoisotopic (exact) mass is 180 g/mol. The van der Waals surface area contributed by atoms with Gasteiger partial charge < -0.3 is 9.84 Å². The Hall–Kier alpha value is -0.340. The summed E-state index contributed by atoms with van der Waals surface area (Å²) in [6.07, 6.45) is 8.86. The third kappa shape index (κ3) is 1.02. The van der Waals surface area contributed by atoms with Gasteiger partial charge in [0.2, 0.25) is 0 Å². The largest absolute Gasteiger partial charge is 0.371 e. The first-order valence-corrected chi connectivity index (χ1v) is 5.29. The summed E-state index contributed by atoms with van der Waals surface area (Å²) in [4.78, 5) is 0. The molecule has 0 spiro atoms. The zero-order chi connectivity index (χ0) is 8.84. The van der Waals surface area contributed by atoms with Crippen molar-refractivity contribution in [2.24, 2.45) is 23.7 Å². The molecular weight excluding hydrogens is 164 g/mol. The molecule has 2 nitrogen and oxygen atoms in total. The molecule has 0 radical (unpaired) electrons. The Morgan fingerprint density at radius 2 is 2.23 bits per heavy atom. The lowest BCUT2D eigenvalue weighted by Gasteiger charge is -2.30. The highest BCUT2D eigenvalue weighted by Crippen LogP contribution is 2.57. The lowest BCUT2D eigenvalue weighted by atomic mass is 9.80. The molecule has 0 aromatic carbocycles. The first-order chi connectivity index (χ1) is 6.40. The van der Waals surface area contributed by atoms with E-state index in [1.807, 2.05) is 0 Å². The van der Waals surface area contributed by atoms with Gasteiger partial charge >= 0.3 is 0 Å². The molecule has 0 aromatic rings. The number of ether oxygens (including phenoxy) is 1. The second-order valence-electron chi connectivity index (χ2n) is 4.63. The summed E-state index contributed by atoms with van der Waals surface area (Å²) in [6.45, 7) is -0.0985. The van der Waals surface area contributed by atoms with Crippen LogP contribution in [0.5, 0.6) is 0 Å². The summed E-state index contributed by atoms with van der Waals surface area (Å²) < 4.78 is 5.37. The van der Waals surface area contributed by atoms with Gasteiger partial charge in [-0.2, -0.15) is 0 Å². The number of aliphatic hydroxyl groups is 1. The molecule has 3 rings (SSSR count). The number of allylic oxidation sites excluding steroid dienone is 2. The van der Waals surface area contributed by atoms with Gasteiger partial charge in [0, 0.05) is 0 Å². The van der Waals surface area contributed by atoms with Gasteiger partial charge in [0.1, 0.15) is 6.79 Å². The molecule has 5 atom stereocenters. The Labute approximate surface area is 78.6 Å². The van der Waals surface area contributed by atoms with Gasteiger partial charge in [-0.15, -0.1) is 0 Å². The van der Waals surface area contributed by atoms with Gasteiger partial charge in [0.15, 0.2) is 0 Å². The van der Waals surface area contributed by atoms with E-state index < -0.39 is 0 Å². The predicted molar refractivity (Wildman–Crippen MR) is 48.9 cm³/mol. The summed E-state index contributed by atoms with van der Waals surface area (Å²) in [7, 11) is 0. The zero-order valence-electron chi connectivity index (χ0n) is 7.73. The van der Waals surface area contributed by atoms with E-state index >= 15 is 0 Å². The maximum absolute atomic E-state index is 8.76. The fourth-order valence-corrected chi connectivity index (χ4v) is 3.78. The summed E-state index contributed by atoms with van der Waals surface area (Å²) >= 11 is 0. The van der Waals surface area contributed by atoms with E-state index in [9.17, 15) is 0 Å². The Kier molecular flexibility index (Phi) is 1.74. The number of aliphatic hydroxyl groups excluding tert-OH is 1. The van der Waals surface area contributed by atoms with Gasteiger partial charge in [0.25, 0.3) is 0 Å². The van der Waals surface area contributed by atoms with Crippen LogP contribution < -0.4 is 0 Å². The number of fused-ring (bicyclic) bond motifs is 5. The fourth-order valence-electron chi connectivity index (χ4n) is 3.78. The van der Waals surface area contributed by atoms with Crippen LogP contribution >= 0.6 is 0 Å². The molecule has 5 unspecified atom stereocenters. The average molecular weight is 180 g/mol. The molecule has 0 saturated heterocycles. The molecule has 0 aliphatic heterocycles. The predicted octanol–water partition coefficient (Wildman–Crippen LogP) is 1.55. The summed E-state index contributed by atoms with van der Waals surface area (Å²) in [5.41, 5.74) is 0. The van der Waals surface area contributed by atoms with Crippen LogP contribution in [0.4, 0.5) is 0 Å². The van der Waals surface area contributed by atoms with E-state index in [0.29, 0.717) is 6.10 Å². The Morgan fingerprint density at radius 1 is 1.31 bits per heavy atom. The van der Waals surface area contributed by atoms with Crippen molar-refractivity contribution in [2.75, 3.05) is 6.79 Å². The molecule has 3 aliphatic carbocycles. The Balaban J connectivity index is 1.76. The quantitative estimate of drug-likeness (QED) is 0.516. The van der Waals surface area contributed by atoms with Crippen LogP contribution in [0.3, 0.4) is 0 Å². The van der Waals surface area contributed by atoms with E-state index in [0.717, 1.165) is 23.7 Å². The van der Waals surface area contributed by atoms with Crippen molar-refractivity contribution < 1.29 is 9.84 Å². The SMILES string of the molecule is OCOC1CC2CC1C1CC=CC21. The highest BCUT2D eigenvalue weighted by Gasteiger charge is 2.52. The minimum Gasteiger partial charge on any atom is -0.371 e. The third-order valence-corrected chi connectivity index (χ3v) is 4.23. The van der Waals surface area contributed by atoms with Gasteiger partial charge in [-0.25, -0.2) is 0 Å². The number of hydrogen-bond donors (Lipinski definition) is 1. The fraction of sp³-hybridized carbons (Fsp3) is 0.818. The van der Waals surface area contributed by atoms with Crippen molar-refractivity contribution in [3.8, 4) is 0 Å². The standard InChI is InChI=1S/C11H16O2/c12-6-13-11-5-7-4-10(11)9-3-1-2-8(7)9/h1-2,7-12H,3-6H2. The molecule has 2 saturated carbocycles. The van der Waals surface area contributed by atoms with E-state index in [4.69, 9.17) is 9.84 Å². The van der Waals surface area contributed by atoms with Gasteiger partial charge in [-0.3, -0.25) is 0 Å². The first-order valence-electron chi connectivity index (χ1n) is 5.29. The van der Waals surface area contributed by atoms with Crippen LogP contribution in [0.25, 0.3) is 0 Å². The van der Waals surface area contributed by atoms with Crippen molar-refractivity contribution in [3.63, 3.8) is 0 Å². The molecule has 13 heavy (non-hydrogen) atoms. The summed E-state index contributed by atoms with van der Waals surface area (Å²) in [5, 5.41) is 8.76. The second-order valence-corrected chi connectivity index (χ2v) is 4.63. The lowest BCUT2D eigenvalue weighted by molar-refractivity contribution is -0.0821. The Bertz CT molecular complexity index is 236. The first kappa shape index (κ1) is 8.01. The lowest BCUT2D eigenvalue weighted by Crippen LogP contribution is -2.30.